The first-order valence-corrected chi connectivity index (χ1v) is 38.4. The van der Waals surface area contributed by atoms with E-state index in [9.17, 15) is 0 Å². The summed E-state index contributed by atoms with van der Waals surface area (Å²) in [4.78, 5) is 0. The van der Waals surface area contributed by atoms with E-state index in [1.54, 1.807) is 20.7 Å². The van der Waals surface area contributed by atoms with E-state index >= 15 is 0 Å². The Bertz CT molecular complexity index is 3490. The highest BCUT2D eigenvalue weighted by atomic mass is 29.3. The highest BCUT2D eigenvalue weighted by Crippen LogP contribution is 2.50. The van der Waals surface area contributed by atoms with Crippen molar-refractivity contribution in [1.82, 2.24) is 9.13 Å². The Morgan fingerprint density at radius 1 is 0.353 bits per heavy atom. The van der Waals surface area contributed by atoms with Gasteiger partial charge < -0.3 is 9.13 Å². The molecule has 2 aromatic heterocycles. The summed E-state index contributed by atoms with van der Waals surface area (Å²) in [5.74, 6) is 0. The SMILES string of the molecule is CC(C)[Si]1(C(C)C)c2ccc3c(c2)c2cc4ccc2n3-c2ccc(cc2)C[Si](c2ccccc2)(c2ccccc2)c2ccc(cc2)-n2c3ccc(cc3c3cc(ccc32)[Si]1(C(C)C)C(C)C)[SiH2][SiH2]4. The third-order valence-corrected chi connectivity index (χ3v) is 52.8. The van der Waals surface area contributed by atoms with E-state index in [2.05, 4.69) is 247 Å². The molecule has 0 atom stereocenters. The van der Waals surface area contributed by atoms with Crippen molar-refractivity contribution >= 4 is 121 Å². The van der Waals surface area contributed by atoms with Crippen molar-refractivity contribution in [1.29, 1.82) is 0 Å². The van der Waals surface area contributed by atoms with Crippen molar-refractivity contribution in [3.8, 4) is 11.4 Å². The Morgan fingerprint density at radius 2 is 0.691 bits per heavy atom. The van der Waals surface area contributed by atoms with Crippen LogP contribution in [0.3, 0.4) is 0 Å². The second kappa shape index (κ2) is 16.3. The van der Waals surface area contributed by atoms with Crippen LogP contribution < -0.4 is 36.3 Å². The predicted molar refractivity (Wildman–Crippen MR) is 310 cm³/mol. The van der Waals surface area contributed by atoms with Gasteiger partial charge in [0.1, 0.15) is 0 Å². The summed E-state index contributed by atoms with van der Waals surface area (Å²) in [5.41, 5.74) is 11.4. The zero-order valence-electron chi connectivity index (χ0n) is 41.1. The van der Waals surface area contributed by atoms with Crippen LogP contribution in [-0.2, 0) is 6.04 Å². The molecule has 338 valence electrons. The Hall–Kier alpha value is -5.56. The summed E-state index contributed by atoms with van der Waals surface area (Å²) in [6.45, 7) is 21.0. The van der Waals surface area contributed by atoms with E-state index in [1.165, 1.54) is 76.1 Å². The molecule has 15 aliphatic heterocycles. The molecule has 0 fully saturated rings. The maximum Gasteiger partial charge on any atom is 0.152 e. The van der Waals surface area contributed by atoms with Crippen LogP contribution in [0.15, 0.2) is 182 Å². The van der Waals surface area contributed by atoms with Gasteiger partial charge in [0.05, 0.1) is 37.2 Å². The fourth-order valence-electron chi connectivity index (χ4n) is 15.1. The fraction of sp³-hybridized carbons (Fsp3) is 0.213. The van der Waals surface area contributed by atoms with Crippen LogP contribution in [0.2, 0.25) is 22.2 Å². The van der Waals surface area contributed by atoms with Gasteiger partial charge in [-0.3, -0.25) is 0 Å². The number of aromatic nitrogens is 2. The lowest BCUT2D eigenvalue weighted by Crippen LogP contribution is -2.80. The number of nitrogens with zero attached hydrogens (tertiary/aromatic N) is 2. The van der Waals surface area contributed by atoms with E-state index < -0.39 is 41.3 Å². The van der Waals surface area contributed by atoms with Gasteiger partial charge in [0.25, 0.3) is 0 Å². The van der Waals surface area contributed by atoms with Crippen molar-refractivity contribution in [3.63, 3.8) is 0 Å². The van der Waals surface area contributed by atoms with Crippen LogP contribution in [0.1, 0.15) is 61.0 Å². The lowest BCUT2D eigenvalue weighted by molar-refractivity contribution is 0.884. The molecule has 10 aromatic rings. The van der Waals surface area contributed by atoms with Gasteiger partial charge in [0.2, 0.25) is 0 Å². The first-order valence-electron chi connectivity index (χ1n) is 25.4. The second-order valence-electron chi connectivity index (χ2n) is 21.7. The van der Waals surface area contributed by atoms with Crippen molar-refractivity contribution in [2.24, 2.45) is 0 Å². The van der Waals surface area contributed by atoms with E-state index in [0.29, 0.717) is 22.2 Å². The Labute approximate surface area is 410 Å². The van der Waals surface area contributed by atoms with E-state index in [1.807, 2.05) is 0 Å². The van der Waals surface area contributed by atoms with E-state index in [4.69, 9.17) is 0 Å². The Balaban J connectivity index is 1.27. The lowest BCUT2D eigenvalue weighted by atomic mass is 10.1. The third kappa shape index (κ3) is 6.08. The monoisotopic (exact) mass is 964 g/mol. The van der Waals surface area contributed by atoms with Crippen LogP contribution >= 0.6 is 0 Å². The molecule has 0 unspecified atom stereocenters. The van der Waals surface area contributed by atoms with Crippen molar-refractivity contribution < 1.29 is 0 Å². The van der Waals surface area contributed by atoms with Gasteiger partial charge >= 0.3 is 0 Å². The van der Waals surface area contributed by atoms with E-state index in [-0.39, 0.29) is 0 Å². The van der Waals surface area contributed by atoms with Crippen molar-refractivity contribution in [2.75, 3.05) is 0 Å². The van der Waals surface area contributed by atoms with Gasteiger partial charge in [0.15, 0.2) is 8.07 Å². The number of rotatable bonds is 6. The molecule has 0 aliphatic carbocycles. The largest absolute Gasteiger partial charge is 0.309 e. The molecule has 0 saturated heterocycles. The smallest absolute Gasteiger partial charge is 0.152 e. The minimum atomic E-state index is -2.63. The molecule has 2 nitrogen and oxygen atoms in total. The van der Waals surface area contributed by atoms with Crippen molar-refractivity contribution in [3.05, 3.63) is 188 Å². The summed E-state index contributed by atoms with van der Waals surface area (Å²) in [6, 6.07) is 74.9. The molecular weight excluding hydrogens is 901 g/mol. The molecule has 0 spiro atoms. The van der Waals surface area contributed by atoms with Gasteiger partial charge in [-0.25, -0.2) is 0 Å². The standard InChI is InChI=1S/C61H64N2Si5/c1-40(2)67(41(3)4)52-29-33-60-56(37-52)54-35-47-25-31-58(54)62(60)45-21-19-44(20-22-45)39-66(49-15-11-9-12-16-49,50-17-13-10-14-18-50)51-27-23-46(24-28-51)63-59-32-26-48(65-64-47)36-55(59)57-38-53(30-34-61(57)63)68(67,42(5)6)43(7)8/h9-38,40-43H,39,64-65H2,1-8H3. The molecule has 17 heterocycles. The predicted octanol–water partition coefficient (Wildman–Crippen LogP) is 9.69. The molecule has 0 N–H and O–H groups in total. The number of hydrogen-bond acceptors (Lipinski definition) is 0. The summed E-state index contributed by atoms with van der Waals surface area (Å²) in [7, 11) is -8.43. The zero-order chi connectivity index (χ0) is 46.7. The van der Waals surface area contributed by atoms with Crippen molar-refractivity contribution in [2.45, 2.75) is 83.6 Å². The average Bonchev–Trinajstić information content (AvgIpc) is 3.85. The average molecular weight is 966 g/mol. The normalized spacial score (nSPS) is 16.8. The molecule has 68 heavy (non-hydrogen) atoms. The maximum absolute atomic E-state index is 2.78. The third-order valence-electron chi connectivity index (χ3n) is 17.5. The first-order chi connectivity index (χ1) is 33.0. The molecule has 8 aromatic carbocycles. The summed E-state index contributed by atoms with van der Waals surface area (Å²) < 4.78 is 5.22. The highest BCUT2D eigenvalue weighted by Gasteiger charge is 2.63. The van der Waals surface area contributed by atoms with Crippen LogP contribution in [-0.4, -0.2) is 50.5 Å². The van der Waals surface area contributed by atoms with Crippen LogP contribution in [0.25, 0.3) is 55.0 Å². The Kier molecular flexibility index (Phi) is 10.5. The molecule has 25 rings (SSSR count). The fourth-order valence-corrected chi connectivity index (χ4v) is 52.1. The van der Waals surface area contributed by atoms with Crippen LogP contribution in [0.4, 0.5) is 0 Å². The quantitative estimate of drug-likeness (QED) is 0.147. The maximum atomic E-state index is 2.78. The number of hydrogen-bond donors (Lipinski definition) is 0. The van der Waals surface area contributed by atoms with Gasteiger partial charge in [-0.1, -0.05) is 210 Å². The Morgan fingerprint density at radius 3 is 1.09 bits per heavy atom. The minimum absolute atomic E-state index is 0.486. The van der Waals surface area contributed by atoms with Gasteiger partial charge in [-0.15, -0.1) is 0 Å². The van der Waals surface area contributed by atoms with Crippen LogP contribution in [0, 0.1) is 0 Å². The minimum Gasteiger partial charge on any atom is -0.309 e. The van der Waals surface area contributed by atoms with Gasteiger partial charge in [-0.05, 0) is 97.9 Å². The molecule has 15 aliphatic rings. The van der Waals surface area contributed by atoms with Gasteiger partial charge in [-0.2, -0.15) is 0 Å². The highest BCUT2D eigenvalue weighted by molar-refractivity contribution is 7.53. The summed E-state index contributed by atoms with van der Waals surface area (Å²) >= 11 is 0. The number of benzene rings is 8. The van der Waals surface area contributed by atoms with Gasteiger partial charge in [0, 0.05) is 51.0 Å². The zero-order valence-corrected chi connectivity index (χ0v) is 47.0. The molecule has 0 amide bonds. The van der Waals surface area contributed by atoms with E-state index in [0.717, 1.165) is 6.04 Å². The summed E-state index contributed by atoms with van der Waals surface area (Å²) in [6.07, 6.45) is 0. The van der Waals surface area contributed by atoms with Crippen LogP contribution in [0.5, 0.6) is 0 Å². The molecule has 18 bridgehead atoms. The molecular formula is C61H64N2Si5. The molecule has 0 saturated carbocycles. The first kappa shape index (κ1) is 43.7. The lowest BCUT2D eigenvalue weighted by Gasteiger charge is -2.58. The molecule has 7 heteroatoms. The second-order valence-corrected chi connectivity index (χ2v) is 45.5. The summed E-state index contributed by atoms with van der Waals surface area (Å²) in [5, 5.41) is 16.7. The molecule has 0 radical (unpaired) electrons. The topological polar surface area (TPSA) is 9.86 Å².